The van der Waals surface area contributed by atoms with Gasteiger partial charge in [0.15, 0.2) is 0 Å². The van der Waals surface area contributed by atoms with Crippen LogP contribution in [0.15, 0.2) is 12.2 Å². The van der Waals surface area contributed by atoms with Gasteiger partial charge in [-0.15, -0.1) is 0 Å². The van der Waals surface area contributed by atoms with Gasteiger partial charge in [0.1, 0.15) is 0 Å². The number of unbranched alkanes of at least 4 members (excludes halogenated alkanes) is 1. The van der Waals surface area contributed by atoms with Crippen LogP contribution in [-0.4, -0.2) is 0 Å². The maximum atomic E-state index is 2.34. The molecule has 0 aromatic carbocycles. The Morgan fingerprint density at radius 1 is 1.50 bits per heavy atom. The van der Waals surface area contributed by atoms with Gasteiger partial charge in [0.05, 0.1) is 0 Å². The van der Waals surface area contributed by atoms with Crippen LogP contribution in [-0.2, 0) is 0 Å². The normalized spacial score (nSPS) is 25.1. The predicted molar refractivity (Wildman–Crippen MR) is 45.7 cm³/mol. The van der Waals surface area contributed by atoms with Crippen molar-refractivity contribution in [3.63, 3.8) is 0 Å². The molecule has 0 spiro atoms. The molecule has 10 heavy (non-hydrogen) atoms. The molecule has 0 saturated heterocycles. The second kappa shape index (κ2) is 4.54. The van der Waals surface area contributed by atoms with Crippen molar-refractivity contribution in [1.82, 2.24) is 0 Å². The zero-order chi connectivity index (χ0) is 7.23. The van der Waals surface area contributed by atoms with Crippen molar-refractivity contribution in [3.05, 3.63) is 18.6 Å². The molecule has 0 amide bonds. The number of rotatable bonds is 3. The molecule has 0 heterocycles. The van der Waals surface area contributed by atoms with E-state index in [1.807, 2.05) is 0 Å². The van der Waals surface area contributed by atoms with Crippen LogP contribution in [0, 0.1) is 12.3 Å². The van der Waals surface area contributed by atoms with Gasteiger partial charge in [0, 0.05) is 0 Å². The molecule has 0 bridgehead atoms. The highest BCUT2D eigenvalue weighted by Crippen LogP contribution is 2.22. The largest absolute Gasteiger partial charge is 0.0885 e. The molecule has 0 nitrogen and oxygen atoms in total. The summed E-state index contributed by atoms with van der Waals surface area (Å²) >= 11 is 0. The molecule has 0 fully saturated rings. The van der Waals surface area contributed by atoms with E-state index in [0.29, 0.717) is 0 Å². The molecule has 0 N–H and O–H groups in total. The van der Waals surface area contributed by atoms with E-state index in [0.717, 1.165) is 5.92 Å². The first-order valence-corrected chi connectivity index (χ1v) is 4.36. The van der Waals surface area contributed by atoms with Crippen LogP contribution in [0.4, 0.5) is 0 Å². The maximum absolute atomic E-state index is 2.34. The molecule has 1 aliphatic carbocycles. The van der Waals surface area contributed by atoms with Gasteiger partial charge in [0.25, 0.3) is 0 Å². The van der Waals surface area contributed by atoms with Crippen molar-refractivity contribution < 1.29 is 0 Å². The zero-order valence-electron chi connectivity index (χ0n) is 6.84. The molecule has 1 unspecified atom stereocenters. The van der Waals surface area contributed by atoms with Crippen molar-refractivity contribution in [2.24, 2.45) is 5.92 Å². The second-order valence-electron chi connectivity index (χ2n) is 3.14. The lowest BCUT2D eigenvalue weighted by Gasteiger charge is -2.16. The molecular weight excluding hydrogens is 120 g/mol. The van der Waals surface area contributed by atoms with Crippen LogP contribution in [0.3, 0.4) is 0 Å². The molecule has 57 valence electrons. The average Bonchev–Trinajstić information content (AvgIpc) is 2.03. The Morgan fingerprint density at radius 3 is 3.00 bits per heavy atom. The molecule has 1 radical (unpaired) electrons. The van der Waals surface area contributed by atoms with E-state index in [2.05, 4.69) is 25.5 Å². The summed E-state index contributed by atoms with van der Waals surface area (Å²) in [4.78, 5) is 0. The average molecular weight is 137 g/mol. The van der Waals surface area contributed by atoms with E-state index < -0.39 is 0 Å². The van der Waals surface area contributed by atoms with Crippen molar-refractivity contribution in [2.75, 3.05) is 0 Å². The van der Waals surface area contributed by atoms with Gasteiger partial charge in [-0.3, -0.25) is 0 Å². The van der Waals surface area contributed by atoms with E-state index >= 15 is 0 Å². The molecular formula is C10H17. The van der Waals surface area contributed by atoms with Gasteiger partial charge in [-0.1, -0.05) is 25.5 Å². The Kier molecular flexibility index (Phi) is 3.56. The van der Waals surface area contributed by atoms with E-state index in [1.54, 1.807) is 0 Å². The first-order valence-electron chi connectivity index (χ1n) is 4.36. The summed E-state index contributed by atoms with van der Waals surface area (Å²) < 4.78 is 0. The minimum Gasteiger partial charge on any atom is -0.0885 e. The van der Waals surface area contributed by atoms with E-state index in [4.69, 9.17) is 0 Å². The van der Waals surface area contributed by atoms with Crippen molar-refractivity contribution in [3.8, 4) is 0 Å². The third-order valence-corrected chi connectivity index (χ3v) is 2.24. The summed E-state index contributed by atoms with van der Waals surface area (Å²) in [5.74, 6) is 0.987. The quantitative estimate of drug-likeness (QED) is 0.523. The fourth-order valence-corrected chi connectivity index (χ4v) is 1.52. The van der Waals surface area contributed by atoms with E-state index in [1.165, 1.54) is 32.1 Å². The molecule has 1 atom stereocenters. The molecule has 1 rings (SSSR count). The standard InChI is InChI=1S/C10H17/c1-2-3-7-10-8-5-4-6-9-10/h2,4-5,10H,3,6-9H2,1H3. The monoisotopic (exact) mass is 137 g/mol. The van der Waals surface area contributed by atoms with Crippen LogP contribution in [0.1, 0.15) is 39.0 Å². The molecule has 0 aliphatic heterocycles. The van der Waals surface area contributed by atoms with Crippen LogP contribution in [0.25, 0.3) is 0 Å². The molecule has 0 aromatic heterocycles. The number of hydrogen-bond donors (Lipinski definition) is 0. The summed E-state index contributed by atoms with van der Waals surface area (Å²) in [5, 5.41) is 0. The van der Waals surface area contributed by atoms with Crippen LogP contribution in [0.2, 0.25) is 0 Å². The zero-order valence-corrected chi connectivity index (χ0v) is 6.84. The Hall–Kier alpha value is -0.260. The van der Waals surface area contributed by atoms with Gasteiger partial charge < -0.3 is 0 Å². The fraction of sp³-hybridized carbons (Fsp3) is 0.700. The van der Waals surface area contributed by atoms with E-state index in [-0.39, 0.29) is 0 Å². The van der Waals surface area contributed by atoms with Gasteiger partial charge in [-0.25, -0.2) is 0 Å². The van der Waals surface area contributed by atoms with Crippen molar-refractivity contribution in [1.29, 1.82) is 0 Å². The molecule has 0 saturated carbocycles. The maximum Gasteiger partial charge on any atom is -0.0322 e. The Bertz CT molecular complexity index is 103. The lowest BCUT2D eigenvalue weighted by molar-refractivity contribution is 0.444. The highest BCUT2D eigenvalue weighted by molar-refractivity contribution is 4.90. The number of hydrogen-bond acceptors (Lipinski definition) is 0. The van der Waals surface area contributed by atoms with Gasteiger partial charge in [0.2, 0.25) is 0 Å². The van der Waals surface area contributed by atoms with E-state index in [9.17, 15) is 0 Å². The second-order valence-corrected chi connectivity index (χ2v) is 3.14. The predicted octanol–water partition coefficient (Wildman–Crippen LogP) is 3.35. The smallest absolute Gasteiger partial charge is 0.0322 e. The lowest BCUT2D eigenvalue weighted by Crippen LogP contribution is -2.01. The minimum absolute atomic E-state index is 0.987. The first kappa shape index (κ1) is 7.84. The van der Waals surface area contributed by atoms with Gasteiger partial charge in [-0.2, -0.15) is 0 Å². The molecule has 1 aliphatic rings. The summed E-state index contributed by atoms with van der Waals surface area (Å²) in [5.41, 5.74) is 0. The van der Waals surface area contributed by atoms with Crippen LogP contribution in [0.5, 0.6) is 0 Å². The summed E-state index contributed by atoms with van der Waals surface area (Å²) in [7, 11) is 0. The summed E-state index contributed by atoms with van der Waals surface area (Å²) in [6, 6.07) is 0. The van der Waals surface area contributed by atoms with Gasteiger partial charge >= 0.3 is 0 Å². The highest BCUT2D eigenvalue weighted by atomic mass is 14.1. The number of allylic oxidation sites excluding steroid dienone is 2. The molecule has 0 heteroatoms. The van der Waals surface area contributed by atoms with Gasteiger partial charge in [-0.05, 0) is 38.0 Å². The van der Waals surface area contributed by atoms with Crippen molar-refractivity contribution in [2.45, 2.75) is 39.0 Å². The SMILES string of the molecule is C[CH]CCC1CC=CCC1. The Balaban J connectivity index is 2.10. The third-order valence-electron chi connectivity index (χ3n) is 2.24. The van der Waals surface area contributed by atoms with Crippen molar-refractivity contribution >= 4 is 0 Å². The summed E-state index contributed by atoms with van der Waals surface area (Å²) in [6.45, 7) is 2.15. The fourth-order valence-electron chi connectivity index (χ4n) is 1.52. The van der Waals surface area contributed by atoms with Crippen LogP contribution >= 0.6 is 0 Å². The molecule has 0 aromatic rings. The third kappa shape index (κ3) is 2.55. The first-order chi connectivity index (χ1) is 4.93. The summed E-state index contributed by atoms with van der Waals surface area (Å²) in [6.07, 6.45) is 13.7. The Labute approximate surface area is 64.3 Å². The lowest BCUT2D eigenvalue weighted by atomic mass is 9.90. The Morgan fingerprint density at radius 2 is 2.40 bits per heavy atom. The minimum atomic E-state index is 0.987. The highest BCUT2D eigenvalue weighted by Gasteiger charge is 2.07. The topological polar surface area (TPSA) is 0 Å². The van der Waals surface area contributed by atoms with Crippen LogP contribution < -0.4 is 0 Å².